The number of ether oxygens (including phenoxy) is 1. The average molecular weight is 322 g/mol. The molecule has 5 heteroatoms. The van der Waals surface area contributed by atoms with Gasteiger partial charge in [-0.25, -0.2) is 0 Å². The lowest BCUT2D eigenvalue weighted by Gasteiger charge is -2.19. The van der Waals surface area contributed by atoms with Gasteiger partial charge < -0.3 is 15.6 Å². The fraction of sp³-hybridized carbons (Fsp3) is 0.235. The summed E-state index contributed by atoms with van der Waals surface area (Å²) in [5.74, 6) is 0.104. The van der Waals surface area contributed by atoms with E-state index in [1.54, 1.807) is 24.3 Å². The number of benzene rings is 2. The number of hydrogen-bond donors (Lipinski definition) is 2. The molecule has 0 aliphatic heterocycles. The van der Waals surface area contributed by atoms with Crippen LogP contribution in [0.5, 0.6) is 5.75 Å². The highest BCUT2D eigenvalue weighted by Crippen LogP contribution is 2.20. The van der Waals surface area contributed by atoms with E-state index in [1.807, 2.05) is 30.3 Å². The molecular weight excluding hydrogens is 302 g/mol. The van der Waals surface area contributed by atoms with Crippen LogP contribution in [0.15, 0.2) is 54.6 Å². The van der Waals surface area contributed by atoms with Gasteiger partial charge in [0.1, 0.15) is 5.75 Å². The summed E-state index contributed by atoms with van der Waals surface area (Å²) in [6, 6.07) is 16.1. The summed E-state index contributed by atoms with van der Waals surface area (Å²) in [5.41, 5.74) is 7.92. The second kappa shape index (κ2) is 8.54. The number of rotatable bonds is 5. The zero-order valence-corrected chi connectivity index (χ0v) is 13.1. The molecule has 0 aromatic heterocycles. The van der Waals surface area contributed by atoms with E-state index in [1.165, 1.54) is 6.92 Å². The second-order valence-electron chi connectivity index (χ2n) is 4.95. The van der Waals surface area contributed by atoms with Crippen molar-refractivity contribution in [1.82, 2.24) is 0 Å². The summed E-state index contributed by atoms with van der Waals surface area (Å²) < 4.78 is 4.96. The molecule has 0 aliphatic rings. The normalized spacial score (nSPS) is 12.9. The third-order valence-corrected chi connectivity index (χ3v) is 3.23. The van der Waals surface area contributed by atoms with Gasteiger partial charge >= 0.3 is 5.97 Å². The molecule has 0 bridgehead atoms. The van der Waals surface area contributed by atoms with Crippen molar-refractivity contribution in [2.45, 2.75) is 25.5 Å². The van der Waals surface area contributed by atoms with Crippen molar-refractivity contribution in [3.05, 3.63) is 65.7 Å². The number of carbonyl (C=O) groups is 1. The van der Waals surface area contributed by atoms with E-state index in [4.69, 9.17) is 10.5 Å². The summed E-state index contributed by atoms with van der Waals surface area (Å²) >= 11 is 0. The maximum atomic E-state index is 10.9. The minimum Gasteiger partial charge on any atom is -0.427 e. The van der Waals surface area contributed by atoms with Crippen molar-refractivity contribution in [3.8, 4) is 5.75 Å². The standard InChI is InChI=1S/C17H19NO3.ClH/c1-12(19)21-15-9-7-14(8-10-15)17(18)16(20)11-13-5-3-2-4-6-13;/h2-10,16-17,20H,11,18H2,1H3;1H/t16-,17+;/m1./s1. The van der Waals surface area contributed by atoms with E-state index in [-0.39, 0.29) is 18.4 Å². The van der Waals surface area contributed by atoms with Crippen LogP contribution in [0.4, 0.5) is 0 Å². The highest BCUT2D eigenvalue weighted by molar-refractivity contribution is 5.85. The van der Waals surface area contributed by atoms with E-state index < -0.39 is 12.1 Å². The Kier molecular flexibility index (Phi) is 7.05. The highest BCUT2D eigenvalue weighted by Gasteiger charge is 2.17. The van der Waals surface area contributed by atoms with E-state index >= 15 is 0 Å². The molecule has 118 valence electrons. The predicted molar refractivity (Wildman–Crippen MR) is 88.1 cm³/mol. The first-order valence-electron chi connectivity index (χ1n) is 6.82. The van der Waals surface area contributed by atoms with Crippen molar-refractivity contribution in [2.75, 3.05) is 0 Å². The van der Waals surface area contributed by atoms with Gasteiger partial charge in [0.25, 0.3) is 0 Å². The average Bonchev–Trinajstić information content (AvgIpc) is 2.47. The molecule has 0 fully saturated rings. The number of halogens is 1. The first-order chi connectivity index (χ1) is 10.1. The van der Waals surface area contributed by atoms with E-state index in [9.17, 15) is 9.90 Å². The first-order valence-corrected chi connectivity index (χ1v) is 6.82. The Bertz CT molecular complexity index is 587. The maximum Gasteiger partial charge on any atom is 0.308 e. The molecule has 3 N–H and O–H groups in total. The molecule has 0 amide bonds. The van der Waals surface area contributed by atoms with Gasteiger partial charge in [0.2, 0.25) is 0 Å². The first kappa shape index (κ1) is 18.2. The highest BCUT2D eigenvalue weighted by atomic mass is 35.5. The molecule has 0 radical (unpaired) electrons. The number of hydrogen-bond acceptors (Lipinski definition) is 4. The topological polar surface area (TPSA) is 72.5 Å². The summed E-state index contributed by atoms with van der Waals surface area (Å²) in [5, 5.41) is 10.2. The summed E-state index contributed by atoms with van der Waals surface area (Å²) in [7, 11) is 0. The molecule has 0 spiro atoms. The number of aliphatic hydroxyl groups excluding tert-OH is 1. The lowest BCUT2D eigenvalue weighted by atomic mass is 9.97. The number of esters is 1. The lowest BCUT2D eigenvalue weighted by molar-refractivity contribution is -0.131. The van der Waals surface area contributed by atoms with Crippen LogP contribution in [0.3, 0.4) is 0 Å². The zero-order chi connectivity index (χ0) is 15.2. The monoisotopic (exact) mass is 321 g/mol. The lowest BCUT2D eigenvalue weighted by Crippen LogP contribution is -2.28. The fourth-order valence-corrected chi connectivity index (χ4v) is 2.13. The predicted octanol–water partition coefficient (Wildman–Crippen LogP) is 2.64. The van der Waals surface area contributed by atoms with Gasteiger partial charge in [-0.2, -0.15) is 0 Å². The van der Waals surface area contributed by atoms with Crippen LogP contribution in [-0.4, -0.2) is 17.2 Å². The van der Waals surface area contributed by atoms with Gasteiger partial charge in [0, 0.05) is 13.3 Å². The molecule has 22 heavy (non-hydrogen) atoms. The zero-order valence-electron chi connectivity index (χ0n) is 12.3. The molecular formula is C17H20ClNO3. The van der Waals surface area contributed by atoms with Gasteiger partial charge in [0.15, 0.2) is 0 Å². The van der Waals surface area contributed by atoms with Crippen molar-refractivity contribution < 1.29 is 14.6 Å². The SMILES string of the molecule is CC(=O)Oc1ccc([C@H](N)[C@H](O)Cc2ccccc2)cc1.Cl. The van der Waals surface area contributed by atoms with Crippen molar-refractivity contribution >= 4 is 18.4 Å². The second-order valence-corrected chi connectivity index (χ2v) is 4.95. The summed E-state index contributed by atoms with van der Waals surface area (Å²) in [6.45, 7) is 1.35. The molecule has 0 saturated heterocycles. The molecule has 0 saturated carbocycles. The van der Waals surface area contributed by atoms with Crippen LogP contribution < -0.4 is 10.5 Å². The minimum absolute atomic E-state index is 0. The molecule has 0 aliphatic carbocycles. The van der Waals surface area contributed by atoms with Crippen LogP contribution in [0, 0.1) is 0 Å². The van der Waals surface area contributed by atoms with E-state index in [2.05, 4.69) is 0 Å². The Labute approximate surface area is 136 Å². The molecule has 0 unspecified atom stereocenters. The van der Waals surface area contributed by atoms with Gasteiger partial charge in [-0.3, -0.25) is 4.79 Å². The summed E-state index contributed by atoms with van der Waals surface area (Å²) in [6.07, 6.45) is -0.180. The summed E-state index contributed by atoms with van der Waals surface area (Å²) in [4.78, 5) is 10.9. The van der Waals surface area contributed by atoms with Gasteiger partial charge in [-0.15, -0.1) is 12.4 Å². The Hall–Kier alpha value is -1.88. The van der Waals surface area contributed by atoms with E-state index in [0.717, 1.165) is 11.1 Å². The molecule has 0 heterocycles. The minimum atomic E-state index is -0.674. The van der Waals surface area contributed by atoms with Gasteiger partial charge in [-0.1, -0.05) is 42.5 Å². The Balaban J connectivity index is 0.00000242. The number of aliphatic hydroxyl groups is 1. The smallest absolute Gasteiger partial charge is 0.308 e. The molecule has 2 rings (SSSR count). The fourth-order valence-electron chi connectivity index (χ4n) is 2.13. The third-order valence-electron chi connectivity index (χ3n) is 3.23. The number of nitrogens with two attached hydrogens (primary N) is 1. The van der Waals surface area contributed by atoms with Gasteiger partial charge in [-0.05, 0) is 23.3 Å². The van der Waals surface area contributed by atoms with Crippen LogP contribution in [0.25, 0.3) is 0 Å². The molecule has 2 atom stereocenters. The van der Waals surface area contributed by atoms with Gasteiger partial charge in [0.05, 0.1) is 12.1 Å². The van der Waals surface area contributed by atoms with Crippen LogP contribution in [-0.2, 0) is 11.2 Å². The third kappa shape index (κ3) is 5.15. The van der Waals surface area contributed by atoms with Crippen molar-refractivity contribution in [2.24, 2.45) is 5.73 Å². The Morgan fingerprint density at radius 2 is 1.73 bits per heavy atom. The molecule has 2 aromatic rings. The Morgan fingerprint density at radius 1 is 1.14 bits per heavy atom. The van der Waals surface area contributed by atoms with E-state index in [0.29, 0.717) is 12.2 Å². The largest absolute Gasteiger partial charge is 0.427 e. The maximum absolute atomic E-state index is 10.9. The number of carbonyl (C=O) groups excluding carboxylic acids is 1. The molecule has 2 aromatic carbocycles. The van der Waals surface area contributed by atoms with Crippen LogP contribution in [0.1, 0.15) is 24.1 Å². The van der Waals surface area contributed by atoms with Crippen molar-refractivity contribution in [1.29, 1.82) is 0 Å². The van der Waals surface area contributed by atoms with Crippen molar-refractivity contribution in [3.63, 3.8) is 0 Å². The van der Waals surface area contributed by atoms with Crippen LogP contribution in [0.2, 0.25) is 0 Å². The molecule has 4 nitrogen and oxygen atoms in total. The Morgan fingerprint density at radius 3 is 2.27 bits per heavy atom. The van der Waals surface area contributed by atoms with Crippen LogP contribution >= 0.6 is 12.4 Å². The quantitative estimate of drug-likeness (QED) is 0.656.